The highest BCUT2D eigenvalue weighted by Gasteiger charge is 2.07. The van der Waals surface area contributed by atoms with Gasteiger partial charge in [0.05, 0.1) is 23.8 Å². The molecule has 0 aliphatic heterocycles. The number of rotatable bonds is 1. The summed E-state index contributed by atoms with van der Waals surface area (Å²) in [6.07, 6.45) is 0. The number of anilines is 1. The summed E-state index contributed by atoms with van der Waals surface area (Å²) in [5.74, 6) is 0.830. The van der Waals surface area contributed by atoms with Crippen molar-refractivity contribution in [2.45, 2.75) is 0 Å². The molecule has 3 rings (SSSR count). The maximum absolute atomic E-state index is 9.95. The Morgan fingerprint density at radius 1 is 1.11 bits per heavy atom. The third-order valence-corrected chi connectivity index (χ3v) is 3.00. The lowest BCUT2D eigenvalue weighted by Gasteiger charge is -2.07. The van der Waals surface area contributed by atoms with E-state index in [9.17, 15) is 5.11 Å². The van der Waals surface area contributed by atoms with Gasteiger partial charge < -0.3 is 15.6 Å². The monoisotopic (exact) mass is 240 g/mol. The molecular formula is C14H12N2O2. The molecule has 1 heterocycles. The fourth-order valence-corrected chi connectivity index (χ4v) is 2.02. The molecule has 2 aromatic carbocycles. The average Bonchev–Trinajstić information content (AvgIpc) is 2.41. The SMILES string of the molecule is COc1ccc2nc3ccc(N)c(O)c3cc2c1. The van der Waals surface area contributed by atoms with Crippen LogP contribution >= 0.6 is 0 Å². The van der Waals surface area contributed by atoms with E-state index in [1.54, 1.807) is 19.2 Å². The van der Waals surface area contributed by atoms with Crippen molar-refractivity contribution in [2.75, 3.05) is 12.8 Å². The number of nitrogen functional groups attached to an aromatic ring is 1. The van der Waals surface area contributed by atoms with Crippen molar-refractivity contribution in [1.29, 1.82) is 0 Å². The van der Waals surface area contributed by atoms with Crippen LogP contribution in [0, 0.1) is 0 Å². The van der Waals surface area contributed by atoms with Gasteiger partial charge in [-0.1, -0.05) is 0 Å². The van der Waals surface area contributed by atoms with E-state index in [1.807, 2.05) is 24.3 Å². The molecule has 0 atom stereocenters. The Bertz CT molecular complexity index is 753. The quantitative estimate of drug-likeness (QED) is 0.390. The first-order valence-electron chi connectivity index (χ1n) is 5.55. The molecule has 1 aromatic heterocycles. The number of pyridine rings is 1. The van der Waals surface area contributed by atoms with Crippen molar-refractivity contribution >= 4 is 27.5 Å². The van der Waals surface area contributed by atoms with E-state index in [2.05, 4.69) is 4.98 Å². The lowest BCUT2D eigenvalue weighted by Crippen LogP contribution is -1.89. The zero-order chi connectivity index (χ0) is 12.7. The molecule has 4 heteroatoms. The highest BCUT2D eigenvalue weighted by Crippen LogP contribution is 2.32. The van der Waals surface area contributed by atoms with Gasteiger partial charge in [0.25, 0.3) is 0 Å². The summed E-state index contributed by atoms with van der Waals surface area (Å²) in [5, 5.41) is 11.5. The smallest absolute Gasteiger partial charge is 0.147 e. The number of aromatic hydroxyl groups is 1. The van der Waals surface area contributed by atoms with Crippen LogP contribution in [0.3, 0.4) is 0 Å². The first-order valence-corrected chi connectivity index (χ1v) is 5.55. The lowest BCUT2D eigenvalue weighted by atomic mass is 10.1. The van der Waals surface area contributed by atoms with Crippen molar-refractivity contribution in [3.8, 4) is 11.5 Å². The largest absolute Gasteiger partial charge is 0.505 e. The van der Waals surface area contributed by atoms with Gasteiger partial charge in [0.2, 0.25) is 0 Å². The van der Waals surface area contributed by atoms with E-state index >= 15 is 0 Å². The number of nitrogens with zero attached hydrogens (tertiary/aromatic N) is 1. The first kappa shape index (κ1) is 10.7. The van der Waals surface area contributed by atoms with Crippen LogP contribution in [0.1, 0.15) is 0 Å². The van der Waals surface area contributed by atoms with Crippen LogP contribution < -0.4 is 10.5 Å². The van der Waals surface area contributed by atoms with Gasteiger partial charge in [-0.2, -0.15) is 0 Å². The van der Waals surface area contributed by atoms with Gasteiger partial charge >= 0.3 is 0 Å². The molecule has 0 aliphatic rings. The molecule has 0 saturated heterocycles. The lowest BCUT2D eigenvalue weighted by molar-refractivity contribution is 0.415. The Hall–Kier alpha value is -2.49. The standard InChI is InChI=1S/C14H12N2O2/c1-18-9-2-4-12-8(6-9)7-10-13(16-12)5-3-11(15)14(10)17/h2-7,17H,15H2,1H3. The second-order valence-electron chi connectivity index (χ2n) is 4.12. The van der Waals surface area contributed by atoms with Crippen molar-refractivity contribution in [3.63, 3.8) is 0 Å². The summed E-state index contributed by atoms with van der Waals surface area (Å²) >= 11 is 0. The number of phenols is 1. The topological polar surface area (TPSA) is 68.4 Å². The summed E-state index contributed by atoms with van der Waals surface area (Å²) in [6, 6.07) is 10.9. The van der Waals surface area contributed by atoms with E-state index in [-0.39, 0.29) is 5.75 Å². The number of methoxy groups -OCH3 is 1. The van der Waals surface area contributed by atoms with Gasteiger partial charge in [0.15, 0.2) is 0 Å². The van der Waals surface area contributed by atoms with Gasteiger partial charge in [-0.25, -0.2) is 4.98 Å². The summed E-state index contributed by atoms with van der Waals surface area (Å²) in [5.41, 5.74) is 7.61. The molecule has 0 spiro atoms. The van der Waals surface area contributed by atoms with Gasteiger partial charge in [0.1, 0.15) is 11.5 Å². The van der Waals surface area contributed by atoms with Crippen molar-refractivity contribution in [3.05, 3.63) is 36.4 Å². The molecule has 3 N–H and O–H groups in total. The van der Waals surface area contributed by atoms with E-state index in [1.165, 1.54) is 0 Å². The van der Waals surface area contributed by atoms with E-state index < -0.39 is 0 Å². The second-order valence-corrected chi connectivity index (χ2v) is 4.12. The van der Waals surface area contributed by atoms with Crippen LogP contribution in [0.2, 0.25) is 0 Å². The van der Waals surface area contributed by atoms with E-state index in [4.69, 9.17) is 10.5 Å². The van der Waals surface area contributed by atoms with Gasteiger partial charge in [-0.3, -0.25) is 0 Å². The Labute approximate surface area is 104 Å². The second kappa shape index (κ2) is 3.77. The van der Waals surface area contributed by atoms with Gasteiger partial charge in [-0.05, 0) is 36.4 Å². The molecule has 0 amide bonds. The summed E-state index contributed by atoms with van der Waals surface area (Å²) in [7, 11) is 1.62. The molecule has 18 heavy (non-hydrogen) atoms. The third kappa shape index (κ3) is 1.50. The van der Waals surface area contributed by atoms with E-state index in [0.717, 1.165) is 22.2 Å². The molecule has 0 unspecified atom stereocenters. The molecular weight excluding hydrogens is 228 g/mol. The van der Waals surface area contributed by atoms with Gasteiger partial charge in [-0.15, -0.1) is 0 Å². The summed E-state index contributed by atoms with van der Waals surface area (Å²) < 4.78 is 5.17. The minimum absolute atomic E-state index is 0.0738. The van der Waals surface area contributed by atoms with Crippen molar-refractivity contribution < 1.29 is 9.84 Å². The van der Waals surface area contributed by atoms with Crippen LogP contribution in [0.4, 0.5) is 5.69 Å². The number of ether oxygens (including phenoxy) is 1. The number of nitrogens with two attached hydrogens (primary N) is 1. The predicted octanol–water partition coefficient (Wildman–Crippen LogP) is 2.68. The minimum atomic E-state index is 0.0738. The molecule has 0 bridgehead atoms. The molecule has 0 aliphatic carbocycles. The Balaban J connectivity index is 2.40. The number of hydrogen-bond donors (Lipinski definition) is 2. The number of hydrogen-bond acceptors (Lipinski definition) is 4. The molecule has 3 aromatic rings. The molecule has 0 fully saturated rings. The highest BCUT2D eigenvalue weighted by molar-refractivity contribution is 5.98. The number of fused-ring (bicyclic) bond motifs is 2. The Morgan fingerprint density at radius 2 is 1.89 bits per heavy atom. The minimum Gasteiger partial charge on any atom is -0.505 e. The molecule has 0 radical (unpaired) electrons. The first-order chi connectivity index (χ1) is 8.69. The maximum atomic E-state index is 9.95. The Kier molecular flexibility index (Phi) is 2.23. The number of benzene rings is 2. The van der Waals surface area contributed by atoms with Crippen LogP contribution in [0.5, 0.6) is 11.5 Å². The molecule has 4 nitrogen and oxygen atoms in total. The summed E-state index contributed by atoms with van der Waals surface area (Å²) in [4.78, 5) is 4.48. The fraction of sp³-hybridized carbons (Fsp3) is 0.0714. The highest BCUT2D eigenvalue weighted by atomic mass is 16.5. The van der Waals surface area contributed by atoms with Crippen LogP contribution in [-0.2, 0) is 0 Å². The van der Waals surface area contributed by atoms with Crippen LogP contribution in [-0.4, -0.2) is 17.2 Å². The van der Waals surface area contributed by atoms with Crippen LogP contribution in [0.25, 0.3) is 21.8 Å². The van der Waals surface area contributed by atoms with Crippen molar-refractivity contribution in [2.24, 2.45) is 0 Å². The number of aromatic nitrogens is 1. The zero-order valence-electron chi connectivity index (χ0n) is 9.84. The molecule has 90 valence electrons. The average molecular weight is 240 g/mol. The maximum Gasteiger partial charge on any atom is 0.147 e. The summed E-state index contributed by atoms with van der Waals surface area (Å²) in [6.45, 7) is 0. The zero-order valence-corrected chi connectivity index (χ0v) is 9.84. The van der Waals surface area contributed by atoms with Gasteiger partial charge in [0, 0.05) is 10.8 Å². The third-order valence-electron chi connectivity index (χ3n) is 3.00. The predicted molar refractivity (Wildman–Crippen MR) is 71.9 cm³/mol. The fourth-order valence-electron chi connectivity index (χ4n) is 2.02. The normalized spacial score (nSPS) is 10.9. The Morgan fingerprint density at radius 3 is 2.67 bits per heavy atom. The molecule has 0 saturated carbocycles. The van der Waals surface area contributed by atoms with Crippen LogP contribution in [0.15, 0.2) is 36.4 Å². The van der Waals surface area contributed by atoms with Crippen molar-refractivity contribution in [1.82, 2.24) is 4.98 Å². The number of phenolic OH excluding ortho intramolecular Hbond substituents is 1. The van der Waals surface area contributed by atoms with E-state index in [0.29, 0.717) is 11.1 Å².